The standard InChI is InChI=1S/C21H21FN4O5S3/c1-13(2)32-21-25-24-20(33-21)23-19(27)12-26(15-5-3-14(22)4-6-15)34(28,29)16-7-8-17-18(11-16)31-10-9-30-17/h3-8,11,13H,9-10,12H2,1-2H3,(H,23,24,27). The number of carbonyl (C=O) groups excluding carboxylic acids is 1. The molecule has 1 aliphatic heterocycles. The maximum absolute atomic E-state index is 13.5. The number of hydrogen-bond donors (Lipinski definition) is 1. The second-order valence-electron chi connectivity index (χ2n) is 7.38. The van der Waals surface area contributed by atoms with Crippen LogP contribution in [0, 0.1) is 5.82 Å². The van der Waals surface area contributed by atoms with Gasteiger partial charge in [0.1, 0.15) is 25.6 Å². The summed E-state index contributed by atoms with van der Waals surface area (Å²) in [6, 6.07) is 9.05. The number of amides is 1. The molecular weight excluding hydrogens is 503 g/mol. The van der Waals surface area contributed by atoms with Gasteiger partial charge < -0.3 is 9.47 Å². The predicted molar refractivity (Wildman–Crippen MR) is 128 cm³/mol. The van der Waals surface area contributed by atoms with Gasteiger partial charge in [0.25, 0.3) is 10.0 Å². The molecule has 0 aliphatic carbocycles. The highest BCUT2D eigenvalue weighted by Gasteiger charge is 2.29. The largest absolute Gasteiger partial charge is 0.486 e. The van der Waals surface area contributed by atoms with Crippen LogP contribution in [0.15, 0.2) is 51.7 Å². The van der Waals surface area contributed by atoms with Crippen molar-refractivity contribution in [3.05, 3.63) is 48.3 Å². The third-order valence-electron chi connectivity index (χ3n) is 4.49. The molecule has 1 amide bonds. The summed E-state index contributed by atoms with van der Waals surface area (Å²) in [6.45, 7) is 4.11. The Hall–Kier alpha value is -2.90. The SMILES string of the molecule is CC(C)Sc1nnc(NC(=O)CN(c2ccc(F)cc2)S(=O)(=O)c2ccc3c(c2)OCCO3)s1. The van der Waals surface area contributed by atoms with Crippen molar-refractivity contribution in [3.63, 3.8) is 0 Å². The van der Waals surface area contributed by atoms with Gasteiger partial charge in [0, 0.05) is 11.3 Å². The molecule has 180 valence electrons. The molecule has 0 radical (unpaired) electrons. The van der Waals surface area contributed by atoms with Gasteiger partial charge in [0.2, 0.25) is 11.0 Å². The molecule has 0 fully saturated rings. The van der Waals surface area contributed by atoms with Gasteiger partial charge in [0.05, 0.1) is 10.6 Å². The molecule has 1 aromatic heterocycles. The molecule has 0 atom stereocenters. The van der Waals surface area contributed by atoms with E-state index in [0.717, 1.165) is 16.4 Å². The Morgan fingerprint density at radius 2 is 1.85 bits per heavy atom. The lowest BCUT2D eigenvalue weighted by Gasteiger charge is -2.25. The van der Waals surface area contributed by atoms with Crippen LogP contribution in [0.5, 0.6) is 11.5 Å². The molecule has 2 heterocycles. The maximum Gasteiger partial charge on any atom is 0.264 e. The number of halogens is 1. The summed E-state index contributed by atoms with van der Waals surface area (Å²) in [5.41, 5.74) is 0.125. The minimum atomic E-state index is -4.22. The highest BCUT2D eigenvalue weighted by atomic mass is 32.2. The van der Waals surface area contributed by atoms with E-state index in [-0.39, 0.29) is 15.7 Å². The van der Waals surface area contributed by atoms with E-state index >= 15 is 0 Å². The highest BCUT2D eigenvalue weighted by Crippen LogP contribution is 2.34. The topological polar surface area (TPSA) is 111 Å². The molecule has 0 bridgehead atoms. The second kappa shape index (κ2) is 10.2. The van der Waals surface area contributed by atoms with Gasteiger partial charge >= 0.3 is 0 Å². The van der Waals surface area contributed by atoms with Crippen molar-refractivity contribution in [2.45, 2.75) is 28.3 Å². The molecule has 0 saturated heterocycles. The number of benzene rings is 2. The normalized spacial score (nSPS) is 13.1. The molecule has 3 aromatic rings. The van der Waals surface area contributed by atoms with Crippen molar-refractivity contribution in [2.75, 3.05) is 29.4 Å². The van der Waals surface area contributed by atoms with Crippen LogP contribution in [0.3, 0.4) is 0 Å². The first-order valence-corrected chi connectivity index (χ1v) is 13.3. The fraction of sp³-hybridized carbons (Fsp3) is 0.286. The van der Waals surface area contributed by atoms with Crippen LogP contribution < -0.4 is 19.1 Å². The molecule has 0 saturated carbocycles. The lowest BCUT2D eigenvalue weighted by atomic mass is 10.3. The smallest absolute Gasteiger partial charge is 0.264 e. The summed E-state index contributed by atoms with van der Waals surface area (Å²) in [5.74, 6) is -0.431. The summed E-state index contributed by atoms with van der Waals surface area (Å²) in [7, 11) is -4.22. The van der Waals surface area contributed by atoms with Crippen LogP contribution >= 0.6 is 23.1 Å². The zero-order valence-corrected chi connectivity index (χ0v) is 20.7. The van der Waals surface area contributed by atoms with Gasteiger partial charge in [0.15, 0.2) is 15.8 Å². The van der Waals surface area contributed by atoms with E-state index in [9.17, 15) is 17.6 Å². The van der Waals surface area contributed by atoms with E-state index in [1.807, 2.05) is 13.8 Å². The fourth-order valence-electron chi connectivity index (χ4n) is 3.03. The number of ether oxygens (including phenoxy) is 2. The molecule has 1 N–H and O–H groups in total. The zero-order valence-electron chi connectivity index (χ0n) is 18.2. The lowest BCUT2D eigenvalue weighted by molar-refractivity contribution is -0.114. The lowest BCUT2D eigenvalue weighted by Crippen LogP contribution is -2.38. The number of nitrogens with one attached hydrogen (secondary N) is 1. The van der Waals surface area contributed by atoms with Crippen LogP contribution in [-0.4, -0.2) is 49.5 Å². The number of thioether (sulfide) groups is 1. The van der Waals surface area contributed by atoms with Crippen molar-refractivity contribution in [2.24, 2.45) is 0 Å². The summed E-state index contributed by atoms with van der Waals surface area (Å²) in [5, 5.41) is 11.1. The Morgan fingerprint density at radius 1 is 1.15 bits per heavy atom. The second-order valence-corrected chi connectivity index (χ2v) is 12.0. The Labute approximate surface area is 204 Å². The molecule has 0 spiro atoms. The number of hydrogen-bond acceptors (Lipinski definition) is 9. The summed E-state index contributed by atoms with van der Waals surface area (Å²) < 4.78 is 53.1. The van der Waals surface area contributed by atoms with E-state index in [1.165, 1.54) is 53.4 Å². The summed E-state index contributed by atoms with van der Waals surface area (Å²) in [6.07, 6.45) is 0. The van der Waals surface area contributed by atoms with Gasteiger partial charge in [-0.3, -0.25) is 14.4 Å². The van der Waals surface area contributed by atoms with Gasteiger partial charge in [-0.05, 0) is 36.4 Å². The number of sulfonamides is 1. The van der Waals surface area contributed by atoms with E-state index < -0.39 is 28.3 Å². The Bertz CT molecular complexity index is 1280. The predicted octanol–water partition coefficient (Wildman–Crippen LogP) is 3.78. The Kier molecular flexibility index (Phi) is 7.24. The molecule has 0 unspecified atom stereocenters. The fourth-order valence-corrected chi connectivity index (χ4v) is 6.46. The van der Waals surface area contributed by atoms with Crippen molar-refractivity contribution in [1.29, 1.82) is 0 Å². The van der Waals surface area contributed by atoms with Crippen LogP contribution in [0.1, 0.15) is 13.8 Å². The number of anilines is 2. The van der Waals surface area contributed by atoms with Gasteiger partial charge in [-0.15, -0.1) is 10.2 Å². The molecule has 2 aromatic carbocycles. The minimum absolute atomic E-state index is 0.0968. The average Bonchev–Trinajstić information content (AvgIpc) is 3.23. The summed E-state index contributed by atoms with van der Waals surface area (Å²) >= 11 is 2.70. The van der Waals surface area contributed by atoms with Crippen molar-refractivity contribution in [1.82, 2.24) is 10.2 Å². The monoisotopic (exact) mass is 524 g/mol. The van der Waals surface area contributed by atoms with Crippen molar-refractivity contribution < 1.29 is 27.1 Å². The number of rotatable bonds is 8. The molecule has 1 aliphatic rings. The number of nitrogens with zero attached hydrogens (tertiary/aromatic N) is 3. The molecule has 34 heavy (non-hydrogen) atoms. The van der Waals surface area contributed by atoms with Gasteiger partial charge in [-0.25, -0.2) is 12.8 Å². The van der Waals surface area contributed by atoms with Crippen LogP contribution in [-0.2, 0) is 14.8 Å². The Morgan fingerprint density at radius 3 is 2.56 bits per heavy atom. The molecular formula is C21H21FN4O5S3. The van der Waals surface area contributed by atoms with E-state index in [2.05, 4.69) is 15.5 Å². The Balaban J connectivity index is 1.61. The average molecular weight is 525 g/mol. The van der Waals surface area contributed by atoms with Crippen LogP contribution in [0.25, 0.3) is 0 Å². The first-order valence-electron chi connectivity index (χ1n) is 10.2. The van der Waals surface area contributed by atoms with E-state index in [4.69, 9.17) is 9.47 Å². The van der Waals surface area contributed by atoms with E-state index in [1.54, 1.807) is 0 Å². The van der Waals surface area contributed by atoms with Gasteiger partial charge in [-0.2, -0.15) is 0 Å². The first kappa shape index (κ1) is 24.2. The van der Waals surface area contributed by atoms with Gasteiger partial charge in [-0.1, -0.05) is 36.9 Å². The molecule has 13 heteroatoms. The third kappa shape index (κ3) is 5.59. The molecule has 9 nitrogen and oxygen atoms in total. The van der Waals surface area contributed by atoms with Crippen molar-refractivity contribution >= 4 is 49.8 Å². The molecule has 4 rings (SSSR count). The quantitative estimate of drug-likeness (QED) is 0.350. The summed E-state index contributed by atoms with van der Waals surface area (Å²) in [4.78, 5) is 12.7. The third-order valence-corrected chi connectivity index (χ3v) is 8.19. The minimum Gasteiger partial charge on any atom is -0.486 e. The number of aromatic nitrogens is 2. The zero-order chi connectivity index (χ0) is 24.3. The van der Waals surface area contributed by atoms with E-state index in [0.29, 0.717) is 34.3 Å². The first-order chi connectivity index (χ1) is 16.2. The van der Waals surface area contributed by atoms with Crippen molar-refractivity contribution in [3.8, 4) is 11.5 Å². The number of fused-ring (bicyclic) bond motifs is 1. The van der Waals surface area contributed by atoms with Crippen LogP contribution in [0.4, 0.5) is 15.2 Å². The number of carbonyl (C=O) groups is 1. The van der Waals surface area contributed by atoms with Crippen LogP contribution in [0.2, 0.25) is 0 Å². The maximum atomic E-state index is 13.5. The highest BCUT2D eigenvalue weighted by molar-refractivity contribution is 8.01.